The van der Waals surface area contributed by atoms with Gasteiger partial charge in [0.1, 0.15) is 18.1 Å². The van der Waals surface area contributed by atoms with Crippen LogP contribution in [0.2, 0.25) is 5.02 Å². The number of carbonyl (C=O) groups is 1. The van der Waals surface area contributed by atoms with Crippen molar-refractivity contribution in [2.45, 2.75) is 0 Å². The molecule has 0 spiro atoms. The van der Waals surface area contributed by atoms with Gasteiger partial charge in [-0.1, -0.05) is 23.7 Å². The van der Waals surface area contributed by atoms with Crippen molar-refractivity contribution in [1.82, 2.24) is 0 Å². The minimum Gasteiger partial charge on any atom is -0.497 e. The lowest BCUT2D eigenvalue weighted by molar-refractivity contribution is 0.111. The Labute approximate surface area is 139 Å². The van der Waals surface area contributed by atoms with Gasteiger partial charge in [-0.05, 0) is 42.0 Å². The molecule has 23 heavy (non-hydrogen) atoms. The van der Waals surface area contributed by atoms with Gasteiger partial charge in [-0.3, -0.25) is 4.79 Å². The number of methoxy groups -OCH3 is 1. The van der Waals surface area contributed by atoms with E-state index in [1.54, 1.807) is 36.4 Å². The first-order valence-electron chi connectivity index (χ1n) is 6.78. The smallest absolute Gasteiger partial charge is 0.153 e. The van der Waals surface area contributed by atoms with Crippen LogP contribution in [-0.4, -0.2) is 20.0 Å². The van der Waals surface area contributed by atoms with Gasteiger partial charge in [-0.25, -0.2) is 0 Å². The summed E-state index contributed by atoms with van der Waals surface area (Å²) < 4.78 is 10.6. The normalized spacial score (nSPS) is 10.7. The van der Waals surface area contributed by atoms with Crippen molar-refractivity contribution in [3.05, 3.63) is 64.2 Å². The molecule has 0 aliphatic carbocycles. The van der Waals surface area contributed by atoms with E-state index < -0.39 is 0 Å². The fourth-order valence-corrected chi connectivity index (χ4v) is 2.02. The summed E-state index contributed by atoms with van der Waals surface area (Å²) in [6.07, 6.45) is 2.40. The maximum Gasteiger partial charge on any atom is 0.153 e. The molecule has 0 aromatic heterocycles. The summed E-state index contributed by atoms with van der Waals surface area (Å²) in [6.45, 7) is 0.0618. The van der Waals surface area contributed by atoms with E-state index in [-0.39, 0.29) is 6.61 Å². The molecule has 0 atom stereocenters. The third-order valence-corrected chi connectivity index (χ3v) is 3.33. The predicted octanol–water partition coefficient (Wildman–Crippen LogP) is 4.15. The third-order valence-electron chi connectivity index (χ3n) is 3.08. The highest BCUT2D eigenvalue weighted by atomic mass is 35.5. The van der Waals surface area contributed by atoms with Gasteiger partial charge in [0.15, 0.2) is 6.29 Å². The second-order valence-electron chi connectivity index (χ2n) is 4.64. The number of hydrogen-bond donors (Lipinski definition) is 0. The molecule has 0 aliphatic rings. The maximum absolute atomic E-state index is 11.1. The first-order chi connectivity index (χ1) is 11.2. The minimum atomic E-state index is 0.0618. The molecule has 5 heteroatoms. The molecule has 116 valence electrons. The second kappa shape index (κ2) is 8.02. The number of rotatable bonds is 6. The van der Waals surface area contributed by atoms with Crippen LogP contribution in [0, 0.1) is 11.3 Å². The van der Waals surface area contributed by atoms with Gasteiger partial charge >= 0.3 is 0 Å². The first-order valence-corrected chi connectivity index (χ1v) is 7.16. The topological polar surface area (TPSA) is 59.3 Å². The molecule has 0 saturated heterocycles. The van der Waals surface area contributed by atoms with E-state index in [2.05, 4.69) is 6.07 Å². The van der Waals surface area contributed by atoms with Crippen LogP contribution in [-0.2, 0) is 0 Å². The summed E-state index contributed by atoms with van der Waals surface area (Å²) >= 11 is 5.83. The Balaban J connectivity index is 2.13. The van der Waals surface area contributed by atoms with Crippen molar-refractivity contribution >= 4 is 24.0 Å². The van der Waals surface area contributed by atoms with Crippen molar-refractivity contribution in [2.24, 2.45) is 0 Å². The van der Waals surface area contributed by atoms with Crippen molar-refractivity contribution in [3.8, 4) is 17.6 Å². The molecule has 0 fully saturated rings. The summed E-state index contributed by atoms with van der Waals surface area (Å²) in [5, 5.41) is 9.85. The number of nitrogens with zero attached hydrogens (tertiary/aromatic N) is 1. The first kappa shape index (κ1) is 16.6. The molecule has 0 N–H and O–H groups in total. The molecule has 0 aliphatic heterocycles. The zero-order valence-corrected chi connectivity index (χ0v) is 13.2. The van der Waals surface area contributed by atoms with E-state index in [1.165, 1.54) is 7.11 Å². The van der Waals surface area contributed by atoms with Crippen LogP contribution in [0.3, 0.4) is 0 Å². The van der Waals surface area contributed by atoms with Crippen molar-refractivity contribution in [2.75, 3.05) is 13.7 Å². The fraction of sp³-hybridized carbons (Fsp3) is 0.111. The highest BCUT2D eigenvalue weighted by molar-refractivity contribution is 6.30. The molecule has 0 radical (unpaired) electrons. The summed E-state index contributed by atoms with van der Waals surface area (Å²) in [5.41, 5.74) is 1.65. The fourth-order valence-electron chi connectivity index (χ4n) is 1.90. The van der Waals surface area contributed by atoms with E-state index in [4.69, 9.17) is 21.1 Å². The highest BCUT2D eigenvalue weighted by Gasteiger charge is 2.06. The van der Waals surface area contributed by atoms with Crippen molar-refractivity contribution < 1.29 is 14.3 Å². The van der Waals surface area contributed by atoms with Crippen molar-refractivity contribution in [1.29, 1.82) is 5.26 Å². The lowest BCUT2D eigenvalue weighted by Crippen LogP contribution is -2.02. The molecular formula is C18H14ClNO3. The van der Waals surface area contributed by atoms with Gasteiger partial charge in [0, 0.05) is 5.02 Å². The Bertz CT molecular complexity index is 761. The average Bonchev–Trinajstić information content (AvgIpc) is 2.60. The molecule has 0 unspecified atom stereocenters. The van der Waals surface area contributed by atoms with Crippen LogP contribution in [0.15, 0.2) is 48.0 Å². The van der Waals surface area contributed by atoms with Gasteiger partial charge in [0.2, 0.25) is 0 Å². The average molecular weight is 328 g/mol. The number of ether oxygens (including phenoxy) is 2. The zero-order valence-electron chi connectivity index (χ0n) is 12.5. The Morgan fingerprint density at radius 2 is 2.00 bits per heavy atom. The molecule has 0 amide bonds. The molecule has 4 nitrogen and oxygen atoms in total. The maximum atomic E-state index is 11.1. The number of nitriles is 1. The van der Waals surface area contributed by atoms with Gasteiger partial charge in [-0.2, -0.15) is 5.26 Å². The lowest BCUT2D eigenvalue weighted by atomic mass is 10.1. The molecule has 2 aromatic carbocycles. The molecular weight excluding hydrogens is 314 g/mol. The summed E-state index contributed by atoms with van der Waals surface area (Å²) in [5.74, 6) is 0.967. The monoisotopic (exact) mass is 327 g/mol. The Morgan fingerprint density at radius 3 is 2.61 bits per heavy atom. The molecule has 0 heterocycles. The zero-order chi connectivity index (χ0) is 16.7. The largest absolute Gasteiger partial charge is 0.497 e. The Kier molecular flexibility index (Phi) is 5.79. The predicted molar refractivity (Wildman–Crippen MR) is 88.9 cm³/mol. The number of benzene rings is 2. The number of halogens is 1. The lowest BCUT2D eigenvalue weighted by Gasteiger charge is -2.09. The number of hydrogen-bond acceptors (Lipinski definition) is 4. The Morgan fingerprint density at radius 1 is 1.26 bits per heavy atom. The van der Waals surface area contributed by atoms with Crippen LogP contribution in [0.1, 0.15) is 15.9 Å². The number of carbonyl (C=O) groups excluding carboxylic acids is 1. The second-order valence-corrected chi connectivity index (χ2v) is 5.08. The summed E-state index contributed by atoms with van der Waals surface area (Å²) in [7, 11) is 1.52. The van der Waals surface area contributed by atoms with Crippen LogP contribution < -0.4 is 9.47 Å². The van der Waals surface area contributed by atoms with Gasteiger partial charge in [0.05, 0.1) is 24.3 Å². The Hall–Kier alpha value is -2.77. The van der Waals surface area contributed by atoms with Gasteiger partial charge < -0.3 is 9.47 Å². The highest BCUT2D eigenvalue weighted by Crippen LogP contribution is 2.23. The summed E-state index contributed by atoms with van der Waals surface area (Å²) in [4.78, 5) is 11.1. The number of aldehydes is 1. The van der Waals surface area contributed by atoms with Gasteiger partial charge in [-0.15, -0.1) is 0 Å². The molecule has 2 aromatic rings. The van der Waals surface area contributed by atoms with E-state index in [1.807, 2.05) is 12.1 Å². The third kappa shape index (κ3) is 4.60. The SMILES string of the molecule is COc1ccc(OC/C(C#N)=C/c2ccc(Cl)cc2)c(C=O)c1. The minimum absolute atomic E-state index is 0.0618. The molecule has 0 bridgehead atoms. The van der Waals surface area contributed by atoms with Crippen LogP contribution in [0.4, 0.5) is 0 Å². The quantitative estimate of drug-likeness (QED) is 0.591. The van der Waals surface area contributed by atoms with E-state index in [0.29, 0.717) is 33.9 Å². The van der Waals surface area contributed by atoms with Crippen molar-refractivity contribution in [3.63, 3.8) is 0 Å². The molecule has 2 rings (SSSR count). The van der Waals surface area contributed by atoms with Crippen LogP contribution in [0.5, 0.6) is 11.5 Å². The van der Waals surface area contributed by atoms with Gasteiger partial charge in [0.25, 0.3) is 0 Å². The molecule has 0 saturated carbocycles. The van der Waals surface area contributed by atoms with E-state index in [9.17, 15) is 10.1 Å². The van der Waals surface area contributed by atoms with E-state index in [0.717, 1.165) is 5.56 Å². The van der Waals surface area contributed by atoms with Crippen LogP contribution >= 0.6 is 11.6 Å². The standard InChI is InChI=1S/C18H14ClNO3/c1-22-17-6-7-18(15(9-17)11-21)23-12-14(10-20)8-13-2-4-16(19)5-3-13/h2-9,11H,12H2,1H3/b14-8+. The van der Waals surface area contributed by atoms with E-state index >= 15 is 0 Å². The van der Waals surface area contributed by atoms with Crippen LogP contribution in [0.25, 0.3) is 6.08 Å². The summed E-state index contributed by atoms with van der Waals surface area (Å²) in [6, 6.07) is 14.1.